The number of aryl methyl sites for hydroxylation is 1. The second kappa shape index (κ2) is 13.6. The average Bonchev–Trinajstić information content (AvgIpc) is 3.71. The van der Waals surface area contributed by atoms with Crippen LogP contribution in [0.3, 0.4) is 0 Å². The molecule has 238 valence electrons. The number of aromatic nitrogens is 2. The Hall–Kier alpha value is -4.24. The number of rotatable bonds is 11. The van der Waals surface area contributed by atoms with Gasteiger partial charge in [-0.15, -0.1) is 0 Å². The molecule has 8 nitrogen and oxygen atoms in total. The zero-order valence-corrected chi connectivity index (χ0v) is 26.5. The maximum absolute atomic E-state index is 13.4. The van der Waals surface area contributed by atoms with Crippen LogP contribution in [0, 0.1) is 0 Å². The van der Waals surface area contributed by atoms with Gasteiger partial charge in [-0.1, -0.05) is 91.0 Å². The molecule has 4 aromatic rings. The van der Waals surface area contributed by atoms with E-state index in [1.54, 1.807) is 0 Å². The lowest BCUT2D eigenvalue weighted by Gasteiger charge is -2.43. The minimum absolute atomic E-state index is 0.133. The summed E-state index contributed by atoms with van der Waals surface area (Å²) >= 11 is 0. The summed E-state index contributed by atoms with van der Waals surface area (Å²) in [4.78, 5) is 13.4. The van der Waals surface area contributed by atoms with Crippen LogP contribution in [0.5, 0.6) is 0 Å². The number of hydrazine groups is 1. The van der Waals surface area contributed by atoms with Crippen LogP contribution in [0.25, 0.3) is 5.57 Å². The van der Waals surface area contributed by atoms with E-state index in [4.69, 9.17) is 19.3 Å². The highest BCUT2D eigenvalue weighted by atomic mass is 16.7. The number of benzene rings is 3. The lowest BCUT2D eigenvalue weighted by Crippen LogP contribution is -2.52. The van der Waals surface area contributed by atoms with Gasteiger partial charge in [0.25, 0.3) is 0 Å². The zero-order chi connectivity index (χ0) is 31.3. The Morgan fingerprint density at radius 3 is 2.17 bits per heavy atom. The molecule has 7 rings (SSSR count). The van der Waals surface area contributed by atoms with Gasteiger partial charge in [-0.25, -0.2) is 4.79 Å². The van der Waals surface area contributed by atoms with Gasteiger partial charge < -0.3 is 19.6 Å². The van der Waals surface area contributed by atoms with Crippen molar-refractivity contribution in [3.05, 3.63) is 130 Å². The largest absolute Gasteiger partial charge is 0.461 e. The Bertz CT molecular complexity index is 1570. The second-order valence-corrected chi connectivity index (χ2v) is 12.1. The molecule has 1 unspecified atom stereocenters. The van der Waals surface area contributed by atoms with Gasteiger partial charge in [0.2, 0.25) is 0 Å². The Morgan fingerprint density at radius 1 is 0.935 bits per heavy atom. The maximum Gasteiger partial charge on any atom is 0.356 e. The minimum atomic E-state index is -0.619. The van der Waals surface area contributed by atoms with Crippen molar-refractivity contribution in [1.29, 1.82) is 0 Å². The molecule has 3 aliphatic rings. The molecule has 1 aliphatic carbocycles. The molecular formula is C38H42N4O4. The molecule has 8 heteroatoms. The van der Waals surface area contributed by atoms with Crippen molar-refractivity contribution in [2.75, 3.05) is 26.4 Å². The first-order valence-corrected chi connectivity index (χ1v) is 16.6. The molecule has 1 N–H and O–H groups in total. The summed E-state index contributed by atoms with van der Waals surface area (Å²) in [5.41, 5.74) is 11.4. The topological polar surface area (TPSA) is 77.8 Å². The number of ether oxygens (including phenoxy) is 3. The highest BCUT2D eigenvalue weighted by Crippen LogP contribution is 2.46. The predicted octanol–water partition coefficient (Wildman–Crippen LogP) is 6.46. The van der Waals surface area contributed by atoms with Gasteiger partial charge >= 0.3 is 5.97 Å². The Kier molecular flexibility index (Phi) is 9.01. The quantitative estimate of drug-likeness (QED) is 0.117. The lowest BCUT2D eigenvalue weighted by atomic mass is 9.76. The predicted molar refractivity (Wildman–Crippen MR) is 177 cm³/mol. The smallest absolute Gasteiger partial charge is 0.356 e. The molecule has 0 bridgehead atoms. The number of hydrogen-bond donors (Lipinski definition) is 1. The summed E-state index contributed by atoms with van der Waals surface area (Å²) in [6.45, 7) is 4.65. The highest BCUT2D eigenvalue weighted by Gasteiger charge is 2.47. The second-order valence-electron chi connectivity index (χ2n) is 12.1. The van der Waals surface area contributed by atoms with E-state index in [0.717, 1.165) is 61.2 Å². The molecule has 1 atom stereocenters. The van der Waals surface area contributed by atoms with E-state index in [0.29, 0.717) is 38.4 Å². The molecule has 0 amide bonds. The first-order chi connectivity index (χ1) is 22.7. The summed E-state index contributed by atoms with van der Waals surface area (Å²) in [7, 11) is 0. The zero-order valence-electron chi connectivity index (χ0n) is 26.5. The molecule has 1 saturated heterocycles. The summed E-state index contributed by atoms with van der Waals surface area (Å²) in [6.07, 6.45) is 5.24. The lowest BCUT2D eigenvalue weighted by molar-refractivity contribution is -0.163. The number of allylic oxidation sites excluding steroid dienone is 1. The SMILES string of the molecule is CCOC(=O)c1c2c(nn1CCCOC1CCCCO1)C1=C(CC2)NN(C(c2ccccc2)(c2ccccc2)c2ccccc2)C1. The number of nitrogens with one attached hydrogen (secondary N) is 1. The molecule has 3 aromatic carbocycles. The normalized spacial score (nSPS) is 18.2. The van der Waals surface area contributed by atoms with E-state index in [-0.39, 0.29) is 12.3 Å². The van der Waals surface area contributed by atoms with Crippen molar-refractivity contribution < 1.29 is 19.0 Å². The minimum Gasteiger partial charge on any atom is -0.461 e. The van der Waals surface area contributed by atoms with Crippen LogP contribution in [0.4, 0.5) is 0 Å². The number of nitrogens with zero attached hydrogens (tertiary/aromatic N) is 3. The third-order valence-electron chi connectivity index (χ3n) is 9.32. The van der Waals surface area contributed by atoms with Crippen LogP contribution in [0.2, 0.25) is 0 Å². The molecule has 0 spiro atoms. The van der Waals surface area contributed by atoms with E-state index < -0.39 is 5.54 Å². The molecule has 2 aliphatic heterocycles. The first-order valence-electron chi connectivity index (χ1n) is 16.6. The first kappa shape index (κ1) is 30.4. The van der Waals surface area contributed by atoms with Crippen molar-refractivity contribution in [2.24, 2.45) is 0 Å². The van der Waals surface area contributed by atoms with Crippen LogP contribution < -0.4 is 5.43 Å². The summed E-state index contributed by atoms with van der Waals surface area (Å²) in [6, 6.07) is 32.1. The number of carbonyl (C=O) groups excluding carboxylic acids is 1. The van der Waals surface area contributed by atoms with Crippen LogP contribution in [0.15, 0.2) is 96.7 Å². The molecule has 1 fully saturated rings. The van der Waals surface area contributed by atoms with Gasteiger partial charge in [-0.3, -0.25) is 4.68 Å². The van der Waals surface area contributed by atoms with Crippen LogP contribution >= 0.6 is 0 Å². The van der Waals surface area contributed by atoms with Gasteiger partial charge in [0.15, 0.2) is 6.29 Å². The van der Waals surface area contributed by atoms with Gasteiger partial charge in [0.05, 0.1) is 18.9 Å². The maximum atomic E-state index is 13.4. The summed E-state index contributed by atoms with van der Waals surface area (Å²) in [5, 5.41) is 7.48. The van der Waals surface area contributed by atoms with Crippen molar-refractivity contribution in [1.82, 2.24) is 20.2 Å². The van der Waals surface area contributed by atoms with Crippen molar-refractivity contribution in [3.63, 3.8) is 0 Å². The fraction of sp³-hybridized carbons (Fsp3) is 0.368. The molecule has 3 heterocycles. The van der Waals surface area contributed by atoms with E-state index in [2.05, 4.69) is 101 Å². The Balaban J connectivity index is 1.24. The molecule has 1 aromatic heterocycles. The van der Waals surface area contributed by atoms with Crippen LogP contribution in [0.1, 0.15) is 77.5 Å². The summed E-state index contributed by atoms with van der Waals surface area (Å²) < 4.78 is 19.1. The molecular weight excluding hydrogens is 576 g/mol. The fourth-order valence-electron chi connectivity index (χ4n) is 7.25. The van der Waals surface area contributed by atoms with Gasteiger partial charge in [-0.05, 0) is 62.1 Å². The van der Waals surface area contributed by atoms with Crippen LogP contribution in [-0.4, -0.2) is 53.4 Å². The van der Waals surface area contributed by atoms with Crippen molar-refractivity contribution in [3.8, 4) is 0 Å². The fourth-order valence-corrected chi connectivity index (χ4v) is 7.25. The molecule has 0 radical (unpaired) electrons. The third kappa shape index (κ3) is 5.66. The van der Waals surface area contributed by atoms with Gasteiger partial charge in [-0.2, -0.15) is 10.1 Å². The van der Waals surface area contributed by atoms with Crippen molar-refractivity contribution >= 4 is 11.5 Å². The third-order valence-corrected chi connectivity index (χ3v) is 9.32. The molecule has 0 saturated carbocycles. The van der Waals surface area contributed by atoms with Crippen LogP contribution in [-0.2, 0) is 32.7 Å². The van der Waals surface area contributed by atoms with E-state index >= 15 is 0 Å². The standard InChI is InChI=1S/C38H42N4O4/c1-2-44-37(43)36-31-22-23-33-32(35(31)40-41(36)24-14-26-46-34-21-12-13-25-45-34)27-42(39-33)38(28-15-6-3-7-16-28,29-17-8-4-9-18-29)30-19-10-5-11-20-30/h3-11,15-20,34,39H,2,12-14,21-27H2,1H3. The van der Waals surface area contributed by atoms with E-state index in [1.165, 1.54) is 16.7 Å². The number of esters is 1. The van der Waals surface area contributed by atoms with E-state index in [1.807, 2.05) is 11.6 Å². The Labute approximate surface area is 270 Å². The van der Waals surface area contributed by atoms with Gasteiger partial charge in [0.1, 0.15) is 11.2 Å². The Morgan fingerprint density at radius 2 is 1.59 bits per heavy atom. The van der Waals surface area contributed by atoms with Gasteiger partial charge in [0, 0.05) is 36.5 Å². The summed E-state index contributed by atoms with van der Waals surface area (Å²) in [5.74, 6) is -0.313. The highest BCUT2D eigenvalue weighted by molar-refractivity contribution is 5.92. The number of hydrogen-bond acceptors (Lipinski definition) is 7. The number of fused-ring (bicyclic) bond motifs is 2. The monoisotopic (exact) mass is 618 g/mol. The number of carbonyl (C=O) groups is 1. The average molecular weight is 619 g/mol. The van der Waals surface area contributed by atoms with Crippen molar-refractivity contribution in [2.45, 2.75) is 63.8 Å². The van der Waals surface area contributed by atoms with E-state index in [9.17, 15) is 4.79 Å². The molecule has 46 heavy (non-hydrogen) atoms.